The predicted octanol–water partition coefficient (Wildman–Crippen LogP) is 5.88. The van der Waals surface area contributed by atoms with Crippen molar-refractivity contribution < 1.29 is 19.0 Å². The highest BCUT2D eigenvalue weighted by Gasteiger charge is 2.09. The Kier molecular flexibility index (Phi) is 7.52. The topological polar surface area (TPSA) is 82.6 Å². The van der Waals surface area contributed by atoms with Gasteiger partial charge in [-0.1, -0.05) is 12.1 Å². The Morgan fingerprint density at radius 2 is 1.88 bits per heavy atom. The first-order valence-corrected chi connectivity index (χ1v) is 11.4. The average Bonchev–Trinajstić information content (AvgIpc) is 3.28. The molecule has 0 bridgehead atoms. The highest BCUT2D eigenvalue weighted by Crippen LogP contribution is 2.28. The molecule has 0 atom stereocenters. The fourth-order valence-corrected chi connectivity index (χ4v) is 3.61. The van der Waals surface area contributed by atoms with Gasteiger partial charge in [0.05, 0.1) is 17.8 Å². The molecule has 1 N–H and O–H groups in total. The largest absolute Gasteiger partial charge is 0.497 e. The molecule has 8 heteroatoms. The van der Waals surface area contributed by atoms with Crippen LogP contribution >= 0.6 is 11.3 Å². The van der Waals surface area contributed by atoms with E-state index in [1.807, 2.05) is 36.6 Å². The summed E-state index contributed by atoms with van der Waals surface area (Å²) in [7, 11) is 1.60. The zero-order valence-corrected chi connectivity index (χ0v) is 19.5. The minimum Gasteiger partial charge on any atom is -0.497 e. The first kappa shape index (κ1) is 23.0. The number of anilines is 1. The maximum atomic E-state index is 12.5. The number of aromatic nitrogens is 2. The predicted molar refractivity (Wildman–Crippen MR) is 133 cm³/mol. The molecule has 0 radical (unpaired) electrons. The van der Waals surface area contributed by atoms with Gasteiger partial charge in [0.2, 0.25) is 11.8 Å². The Hall–Kier alpha value is -4.17. The molecule has 0 unspecified atom stereocenters. The number of thiazole rings is 1. The van der Waals surface area contributed by atoms with Gasteiger partial charge in [-0.3, -0.25) is 4.79 Å². The van der Waals surface area contributed by atoms with Gasteiger partial charge in [0.25, 0.3) is 0 Å². The second kappa shape index (κ2) is 11.1. The van der Waals surface area contributed by atoms with E-state index in [0.717, 1.165) is 22.0 Å². The fraction of sp³-hybridized carbons (Fsp3) is 0.115. The van der Waals surface area contributed by atoms with Crippen LogP contribution in [0.1, 0.15) is 16.3 Å². The molecule has 34 heavy (non-hydrogen) atoms. The maximum Gasteiger partial charge on any atom is 0.248 e. The molecule has 172 valence electrons. The summed E-state index contributed by atoms with van der Waals surface area (Å²) in [6.07, 6.45) is 4.77. The number of methoxy groups -OCH3 is 1. The summed E-state index contributed by atoms with van der Waals surface area (Å²) in [6, 6.07) is 18.1. The van der Waals surface area contributed by atoms with Crippen LogP contribution in [0.5, 0.6) is 23.1 Å². The monoisotopic (exact) mass is 473 g/mol. The number of nitrogens with one attached hydrogen (secondary N) is 1. The highest BCUT2D eigenvalue weighted by atomic mass is 32.1. The van der Waals surface area contributed by atoms with E-state index in [4.69, 9.17) is 14.2 Å². The van der Waals surface area contributed by atoms with Crippen LogP contribution in [0.4, 0.5) is 5.69 Å². The lowest BCUT2D eigenvalue weighted by Gasteiger charge is -2.10. The first-order valence-electron chi connectivity index (χ1n) is 10.5. The molecule has 2 aromatic carbocycles. The lowest BCUT2D eigenvalue weighted by atomic mass is 10.2. The standard InChI is InChI=1S/C26H23N3O4S/c1-18-28-20(17-34-18)16-32-23-6-3-5-19(15-23)8-13-25(30)29-24-7-4-14-27-26(24)33-22-11-9-21(31-2)10-12-22/h3-15,17H,16H2,1-2H3,(H,29,30)/b13-8+. The van der Waals surface area contributed by atoms with Gasteiger partial charge in [-0.15, -0.1) is 11.3 Å². The summed E-state index contributed by atoms with van der Waals surface area (Å²) < 4.78 is 16.8. The molecule has 0 aliphatic rings. The Balaban J connectivity index is 1.37. The normalized spacial score (nSPS) is 10.8. The Morgan fingerprint density at radius 1 is 1.06 bits per heavy atom. The fourth-order valence-electron chi connectivity index (χ4n) is 3.01. The molecule has 4 aromatic rings. The number of hydrogen-bond donors (Lipinski definition) is 1. The third-order valence-corrected chi connectivity index (χ3v) is 5.46. The van der Waals surface area contributed by atoms with Crippen LogP contribution in [0.3, 0.4) is 0 Å². The molecule has 2 heterocycles. The molecule has 0 saturated carbocycles. The molecule has 7 nitrogen and oxygen atoms in total. The zero-order valence-electron chi connectivity index (χ0n) is 18.7. The van der Waals surface area contributed by atoms with Crippen LogP contribution in [-0.2, 0) is 11.4 Å². The SMILES string of the molecule is COc1ccc(Oc2ncccc2NC(=O)/C=C/c2cccc(OCc3csc(C)n3)c2)cc1. The Morgan fingerprint density at radius 3 is 2.65 bits per heavy atom. The molecule has 0 aliphatic heterocycles. The first-order chi connectivity index (χ1) is 16.6. The molecular formula is C26H23N3O4S. The summed E-state index contributed by atoms with van der Waals surface area (Å²) in [4.78, 5) is 21.2. The van der Waals surface area contributed by atoms with E-state index in [9.17, 15) is 4.79 Å². The van der Waals surface area contributed by atoms with E-state index in [2.05, 4.69) is 15.3 Å². The van der Waals surface area contributed by atoms with Crippen LogP contribution in [0.25, 0.3) is 6.08 Å². The zero-order chi connectivity index (χ0) is 23.8. The summed E-state index contributed by atoms with van der Waals surface area (Å²) >= 11 is 1.59. The van der Waals surface area contributed by atoms with Gasteiger partial charge in [-0.05, 0) is 67.1 Å². The average molecular weight is 474 g/mol. The van der Waals surface area contributed by atoms with Crippen molar-refractivity contribution in [2.24, 2.45) is 0 Å². The van der Waals surface area contributed by atoms with Crippen molar-refractivity contribution in [3.05, 3.63) is 94.6 Å². The second-order valence-electron chi connectivity index (χ2n) is 7.18. The molecule has 4 rings (SSSR count). The third kappa shape index (κ3) is 6.43. The van der Waals surface area contributed by atoms with Crippen LogP contribution in [0.15, 0.2) is 78.3 Å². The van der Waals surface area contributed by atoms with Crippen molar-refractivity contribution in [3.63, 3.8) is 0 Å². The van der Waals surface area contributed by atoms with Gasteiger partial charge in [0.1, 0.15) is 29.5 Å². The van der Waals surface area contributed by atoms with Crippen LogP contribution in [-0.4, -0.2) is 23.0 Å². The third-order valence-electron chi connectivity index (χ3n) is 4.64. The van der Waals surface area contributed by atoms with E-state index in [-0.39, 0.29) is 5.91 Å². The molecule has 0 fully saturated rings. The lowest BCUT2D eigenvalue weighted by molar-refractivity contribution is -0.111. The maximum absolute atomic E-state index is 12.5. The number of carbonyl (C=O) groups is 1. The number of benzene rings is 2. The minimum absolute atomic E-state index is 0.294. The Bertz CT molecular complexity index is 1290. The van der Waals surface area contributed by atoms with Crippen molar-refractivity contribution >= 4 is 29.0 Å². The van der Waals surface area contributed by atoms with E-state index < -0.39 is 0 Å². The number of ether oxygens (including phenoxy) is 3. The van der Waals surface area contributed by atoms with Crippen LogP contribution < -0.4 is 19.5 Å². The molecule has 2 aromatic heterocycles. The number of aryl methyl sites for hydroxylation is 1. The molecule has 0 saturated heterocycles. The van der Waals surface area contributed by atoms with Gasteiger partial charge < -0.3 is 19.5 Å². The number of rotatable bonds is 9. The van der Waals surface area contributed by atoms with E-state index in [1.54, 1.807) is 67.1 Å². The quantitative estimate of drug-likeness (QED) is 0.306. The summed E-state index contributed by atoms with van der Waals surface area (Å²) in [6.45, 7) is 2.36. The highest BCUT2D eigenvalue weighted by molar-refractivity contribution is 7.09. The van der Waals surface area contributed by atoms with Gasteiger partial charge in [0, 0.05) is 17.7 Å². The number of hydrogen-bond acceptors (Lipinski definition) is 7. The van der Waals surface area contributed by atoms with Crippen molar-refractivity contribution in [3.8, 4) is 23.1 Å². The van der Waals surface area contributed by atoms with Gasteiger partial charge >= 0.3 is 0 Å². The van der Waals surface area contributed by atoms with Gasteiger partial charge in [0.15, 0.2) is 0 Å². The van der Waals surface area contributed by atoms with Crippen molar-refractivity contribution in [1.29, 1.82) is 0 Å². The molecule has 0 aliphatic carbocycles. The summed E-state index contributed by atoms with van der Waals surface area (Å²) in [5, 5.41) is 5.80. The van der Waals surface area contributed by atoms with E-state index >= 15 is 0 Å². The van der Waals surface area contributed by atoms with Crippen molar-refractivity contribution in [2.45, 2.75) is 13.5 Å². The second-order valence-corrected chi connectivity index (χ2v) is 8.24. The lowest BCUT2D eigenvalue weighted by Crippen LogP contribution is -2.09. The van der Waals surface area contributed by atoms with E-state index in [1.165, 1.54) is 6.08 Å². The smallest absolute Gasteiger partial charge is 0.248 e. The van der Waals surface area contributed by atoms with Gasteiger partial charge in [-0.2, -0.15) is 0 Å². The molecular weight excluding hydrogens is 450 g/mol. The summed E-state index contributed by atoms with van der Waals surface area (Å²) in [5.41, 5.74) is 2.19. The van der Waals surface area contributed by atoms with E-state index in [0.29, 0.717) is 29.7 Å². The van der Waals surface area contributed by atoms with Crippen molar-refractivity contribution in [1.82, 2.24) is 9.97 Å². The number of carbonyl (C=O) groups excluding carboxylic acids is 1. The molecule has 0 spiro atoms. The number of amides is 1. The molecule has 1 amide bonds. The minimum atomic E-state index is -0.308. The van der Waals surface area contributed by atoms with Crippen LogP contribution in [0, 0.1) is 6.92 Å². The summed E-state index contributed by atoms with van der Waals surface area (Å²) in [5.74, 6) is 1.99. The number of nitrogens with zero attached hydrogens (tertiary/aromatic N) is 2. The number of pyridine rings is 1. The Labute approximate surface area is 201 Å². The van der Waals surface area contributed by atoms with Crippen LogP contribution in [0.2, 0.25) is 0 Å². The van der Waals surface area contributed by atoms with Crippen molar-refractivity contribution in [2.75, 3.05) is 12.4 Å². The van der Waals surface area contributed by atoms with Gasteiger partial charge in [-0.25, -0.2) is 9.97 Å².